The van der Waals surface area contributed by atoms with Gasteiger partial charge in [0.05, 0.1) is 4.90 Å². The minimum atomic E-state index is -3.82. The molecule has 1 aromatic heterocycles. The van der Waals surface area contributed by atoms with Gasteiger partial charge in [-0.1, -0.05) is 45.2 Å². The summed E-state index contributed by atoms with van der Waals surface area (Å²) in [5.41, 5.74) is 0.594. The average Bonchev–Trinajstić information content (AvgIpc) is 2.37. The van der Waals surface area contributed by atoms with Crippen LogP contribution >= 0.6 is 39.1 Å². The smallest absolute Gasteiger partial charge is 0.262 e. The quantitative estimate of drug-likeness (QED) is 0.803. The van der Waals surface area contributed by atoms with Crippen molar-refractivity contribution < 1.29 is 8.42 Å². The fourth-order valence-electron chi connectivity index (χ4n) is 1.47. The maximum Gasteiger partial charge on any atom is 0.263 e. The Kier molecular flexibility index (Phi) is 4.53. The minimum absolute atomic E-state index is 0.0228. The zero-order valence-corrected chi connectivity index (χ0v) is 14.0. The van der Waals surface area contributed by atoms with Crippen molar-refractivity contribution in [2.24, 2.45) is 0 Å². The van der Waals surface area contributed by atoms with Gasteiger partial charge in [0.15, 0.2) is 11.0 Å². The van der Waals surface area contributed by atoms with Crippen molar-refractivity contribution in [3.8, 4) is 0 Å². The predicted molar refractivity (Wildman–Crippen MR) is 81.7 cm³/mol. The second-order valence-electron chi connectivity index (χ2n) is 3.84. The molecule has 0 saturated carbocycles. The summed E-state index contributed by atoms with van der Waals surface area (Å²) in [7, 11) is -3.82. The van der Waals surface area contributed by atoms with Gasteiger partial charge in [-0.05, 0) is 24.6 Å². The number of nitrogens with zero attached hydrogens (tertiary/aromatic N) is 2. The van der Waals surface area contributed by atoms with Crippen LogP contribution in [-0.4, -0.2) is 18.4 Å². The van der Waals surface area contributed by atoms with Crippen LogP contribution in [0, 0.1) is 6.92 Å². The molecule has 0 spiro atoms. The van der Waals surface area contributed by atoms with Crippen LogP contribution in [0.5, 0.6) is 0 Å². The van der Waals surface area contributed by atoms with E-state index in [0.717, 1.165) is 6.33 Å². The van der Waals surface area contributed by atoms with Gasteiger partial charge in [-0.3, -0.25) is 4.72 Å². The summed E-state index contributed by atoms with van der Waals surface area (Å²) in [6.07, 6.45) is 1.12. The molecule has 1 aromatic carbocycles. The number of benzene rings is 1. The van der Waals surface area contributed by atoms with Crippen LogP contribution < -0.4 is 4.72 Å². The van der Waals surface area contributed by atoms with Crippen LogP contribution in [0.15, 0.2) is 33.9 Å². The number of aromatic nitrogens is 2. The first-order valence-corrected chi connectivity index (χ1v) is 8.29. The Morgan fingerprint density at radius 2 is 1.95 bits per heavy atom. The van der Waals surface area contributed by atoms with Crippen LogP contribution in [0.3, 0.4) is 0 Å². The third-order valence-electron chi connectivity index (χ3n) is 2.42. The number of hydrogen-bond donors (Lipinski definition) is 1. The number of hydrogen-bond acceptors (Lipinski definition) is 4. The number of nitrogens with one attached hydrogen (secondary N) is 1. The Labute approximate surface area is 134 Å². The van der Waals surface area contributed by atoms with Crippen LogP contribution in [0.2, 0.25) is 10.2 Å². The molecule has 2 aromatic rings. The Bertz CT molecular complexity index is 768. The highest BCUT2D eigenvalue weighted by molar-refractivity contribution is 9.10. The van der Waals surface area contributed by atoms with E-state index in [0.29, 0.717) is 10.0 Å². The Morgan fingerprint density at radius 3 is 2.65 bits per heavy atom. The molecule has 0 aliphatic rings. The van der Waals surface area contributed by atoms with Crippen molar-refractivity contribution in [1.82, 2.24) is 9.97 Å². The molecular weight excluding hydrogens is 389 g/mol. The number of anilines is 1. The zero-order chi connectivity index (χ0) is 14.9. The summed E-state index contributed by atoms with van der Waals surface area (Å²) < 4.78 is 27.6. The average molecular weight is 397 g/mol. The molecule has 9 heteroatoms. The molecule has 0 aliphatic carbocycles. The van der Waals surface area contributed by atoms with Gasteiger partial charge < -0.3 is 0 Å². The Hall–Kier alpha value is -0.890. The van der Waals surface area contributed by atoms with E-state index in [4.69, 9.17) is 23.2 Å². The van der Waals surface area contributed by atoms with Gasteiger partial charge >= 0.3 is 0 Å². The maximum absolute atomic E-state index is 12.3. The third kappa shape index (κ3) is 3.22. The van der Waals surface area contributed by atoms with E-state index in [1.54, 1.807) is 19.1 Å². The lowest BCUT2D eigenvalue weighted by atomic mass is 10.2. The van der Waals surface area contributed by atoms with Gasteiger partial charge in [-0.15, -0.1) is 0 Å². The molecule has 1 heterocycles. The number of sulfonamides is 1. The molecular formula is C11H8BrCl2N3O2S. The Balaban J connectivity index is 2.46. The molecule has 0 aliphatic heterocycles. The summed E-state index contributed by atoms with van der Waals surface area (Å²) >= 11 is 14.8. The molecule has 2 rings (SSSR count). The van der Waals surface area contributed by atoms with Crippen molar-refractivity contribution in [3.63, 3.8) is 0 Å². The normalized spacial score (nSPS) is 11.4. The van der Waals surface area contributed by atoms with Crippen LogP contribution in [0.4, 0.5) is 5.82 Å². The second kappa shape index (κ2) is 5.85. The molecule has 106 valence electrons. The van der Waals surface area contributed by atoms with Crippen molar-refractivity contribution in [3.05, 3.63) is 44.7 Å². The summed E-state index contributed by atoms with van der Waals surface area (Å²) in [6, 6.07) is 4.93. The molecule has 0 radical (unpaired) electrons. The zero-order valence-electron chi connectivity index (χ0n) is 10.1. The van der Waals surface area contributed by atoms with Gasteiger partial charge in [0, 0.05) is 4.47 Å². The molecule has 0 amide bonds. The monoisotopic (exact) mass is 395 g/mol. The van der Waals surface area contributed by atoms with E-state index in [-0.39, 0.29) is 20.9 Å². The molecule has 0 bridgehead atoms. The first-order valence-electron chi connectivity index (χ1n) is 5.26. The first-order chi connectivity index (χ1) is 9.31. The lowest BCUT2D eigenvalue weighted by molar-refractivity contribution is 0.600. The fraction of sp³-hybridized carbons (Fsp3) is 0.0909. The second-order valence-corrected chi connectivity index (χ2v) is 7.14. The van der Waals surface area contributed by atoms with Gasteiger partial charge in [0.1, 0.15) is 11.3 Å². The predicted octanol–water partition coefficient (Wildman–Crippen LogP) is 3.66. The molecule has 5 nitrogen and oxygen atoms in total. The fourth-order valence-corrected chi connectivity index (χ4v) is 3.61. The number of aryl methyl sites for hydroxylation is 1. The highest BCUT2D eigenvalue weighted by Gasteiger charge is 2.20. The van der Waals surface area contributed by atoms with Crippen LogP contribution in [0.1, 0.15) is 5.56 Å². The topological polar surface area (TPSA) is 72.0 Å². The Morgan fingerprint density at radius 1 is 1.25 bits per heavy atom. The van der Waals surface area contributed by atoms with Crippen LogP contribution in [-0.2, 0) is 10.0 Å². The number of rotatable bonds is 3. The van der Waals surface area contributed by atoms with Crippen molar-refractivity contribution in [1.29, 1.82) is 0 Å². The molecule has 0 saturated heterocycles. The lowest BCUT2D eigenvalue weighted by Gasteiger charge is -2.11. The van der Waals surface area contributed by atoms with E-state index in [1.807, 2.05) is 0 Å². The van der Waals surface area contributed by atoms with Crippen molar-refractivity contribution >= 4 is 55.0 Å². The van der Waals surface area contributed by atoms with E-state index < -0.39 is 10.0 Å². The molecule has 0 fully saturated rings. The van der Waals surface area contributed by atoms with E-state index in [2.05, 4.69) is 30.6 Å². The molecule has 20 heavy (non-hydrogen) atoms. The lowest BCUT2D eigenvalue weighted by Crippen LogP contribution is -2.15. The summed E-state index contributed by atoms with van der Waals surface area (Å²) in [5, 5.41) is -0.0734. The van der Waals surface area contributed by atoms with Gasteiger partial charge in [-0.2, -0.15) is 0 Å². The standard InChI is InChI=1S/C11H8BrCl2N3O2S/c1-6-2-3-7(12)4-8(6)20(18,19)17-11-9(13)10(14)15-5-16-11/h2-5H,1H3,(H,15,16,17). The van der Waals surface area contributed by atoms with Gasteiger partial charge in [-0.25, -0.2) is 18.4 Å². The minimum Gasteiger partial charge on any atom is -0.262 e. The maximum atomic E-state index is 12.3. The molecule has 1 N–H and O–H groups in total. The molecule has 0 atom stereocenters. The number of halogens is 3. The third-order valence-corrected chi connectivity index (χ3v) is 5.13. The van der Waals surface area contributed by atoms with E-state index >= 15 is 0 Å². The largest absolute Gasteiger partial charge is 0.263 e. The van der Waals surface area contributed by atoms with Crippen molar-refractivity contribution in [2.75, 3.05) is 4.72 Å². The van der Waals surface area contributed by atoms with Gasteiger partial charge in [0.2, 0.25) is 0 Å². The van der Waals surface area contributed by atoms with Crippen LogP contribution in [0.25, 0.3) is 0 Å². The summed E-state index contributed by atoms with van der Waals surface area (Å²) in [4.78, 5) is 7.55. The van der Waals surface area contributed by atoms with Crippen molar-refractivity contribution in [2.45, 2.75) is 11.8 Å². The SMILES string of the molecule is Cc1ccc(Br)cc1S(=O)(=O)Nc1ncnc(Cl)c1Cl. The molecule has 0 unspecified atom stereocenters. The van der Waals surface area contributed by atoms with E-state index in [1.165, 1.54) is 6.07 Å². The highest BCUT2D eigenvalue weighted by Crippen LogP contribution is 2.28. The first kappa shape index (κ1) is 15.5. The summed E-state index contributed by atoms with van der Waals surface area (Å²) in [5.74, 6) is -0.0638. The highest BCUT2D eigenvalue weighted by atomic mass is 79.9. The van der Waals surface area contributed by atoms with Gasteiger partial charge in [0.25, 0.3) is 10.0 Å². The van der Waals surface area contributed by atoms with E-state index in [9.17, 15) is 8.42 Å². The summed E-state index contributed by atoms with van der Waals surface area (Å²) in [6.45, 7) is 1.69.